The van der Waals surface area contributed by atoms with Gasteiger partial charge in [-0.25, -0.2) is 19.6 Å². The number of aromatic amines is 2. The van der Waals surface area contributed by atoms with Gasteiger partial charge >= 0.3 is 12.2 Å². The number of carbonyl (C=O) groups excluding carboxylic acids is 3. The largest absolute Gasteiger partial charge is 0.465 e. The van der Waals surface area contributed by atoms with Crippen molar-refractivity contribution >= 4 is 35.6 Å². The number of alkyl carbamates (subject to hydrolysis) is 1. The molecule has 0 saturated carbocycles. The minimum absolute atomic E-state index is 0.297. The Morgan fingerprint density at radius 2 is 1.17 bits per heavy atom. The molecule has 4 amide bonds. The number of methoxy groups -OCH3 is 1. The summed E-state index contributed by atoms with van der Waals surface area (Å²) < 4.78 is 4.82. The highest BCUT2D eigenvalue weighted by molar-refractivity contribution is 6.31. The van der Waals surface area contributed by atoms with E-state index in [-0.39, 0.29) is 23.9 Å². The number of nitrogens with one attached hydrogen (secondary N) is 4. The molecule has 2 aliphatic rings. The van der Waals surface area contributed by atoms with Crippen molar-refractivity contribution in [1.29, 1.82) is 0 Å². The van der Waals surface area contributed by atoms with E-state index >= 15 is 0 Å². The topological polar surface area (TPSA) is 186 Å². The Kier molecular flexibility index (Phi) is 11.6. The number of rotatable bonds is 11. The van der Waals surface area contributed by atoms with Gasteiger partial charge in [-0.15, -0.1) is 0 Å². The summed E-state index contributed by atoms with van der Waals surface area (Å²) in [6.45, 7) is 1.00. The minimum atomic E-state index is -1.26. The first-order valence-corrected chi connectivity index (χ1v) is 20.1. The van der Waals surface area contributed by atoms with Gasteiger partial charge in [-0.1, -0.05) is 109 Å². The van der Waals surface area contributed by atoms with Crippen LogP contribution in [0.3, 0.4) is 0 Å². The predicted molar refractivity (Wildman–Crippen MR) is 224 cm³/mol. The monoisotopic (exact) mass is 826 g/mol. The molecule has 0 radical (unpaired) electrons. The number of hydrogen-bond acceptors (Lipinski definition) is 7. The smallest absolute Gasteiger partial charge is 0.407 e. The molecule has 0 aliphatic carbocycles. The lowest BCUT2D eigenvalue weighted by Crippen LogP contribution is -2.43. The molecule has 0 bridgehead atoms. The van der Waals surface area contributed by atoms with Crippen LogP contribution in [-0.2, 0) is 14.3 Å². The summed E-state index contributed by atoms with van der Waals surface area (Å²) in [5, 5.41) is 14.9. The van der Waals surface area contributed by atoms with Crippen molar-refractivity contribution in [3.63, 3.8) is 0 Å². The van der Waals surface area contributed by atoms with E-state index in [9.17, 15) is 24.3 Å². The third-order valence-corrected chi connectivity index (χ3v) is 11.5. The first-order chi connectivity index (χ1) is 29.2. The van der Waals surface area contributed by atoms with Crippen LogP contribution >= 0.6 is 11.6 Å². The third kappa shape index (κ3) is 8.32. The molecule has 6 aromatic rings. The summed E-state index contributed by atoms with van der Waals surface area (Å²) in [5.41, 5.74) is 6.61. The number of halogens is 1. The standard InChI is InChI=1S/C45H43ClN8O6/c1-60-45(59)52-39(32-11-5-6-12-33(32)46)43(56)54-24-8-14-37(54)41-48-26-35(50-41)30-21-17-28(18-22-30)27-15-19-29(20-16-27)34-25-47-40(49-34)36-13-7-23-53(36)42(55)38(51-44(57)58)31-9-3-2-4-10-31/h2-6,9-12,15-22,25-26,36-39,51H,7-8,13-14,23-24H2,1H3,(H,47,49)(H,48,50)(H,52,59)(H,57,58)/t36-,37-,38+,39+/m0/s1. The summed E-state index contributed by atoms with van der Waals surface area (Å²) in [5.74, 6) is 0.708. The van der Waals surface area contributed by atoms with Crippen LogP contribution in [0.1, 0.15) is 72.6 Å². The average Bonchev–Trinajstić information content (AvgIpc) is 4.12. The van der Waals surface area contributed by atoms with Crippen molar-refractivity contribution in [3.8, 4) is 33.6 Å². The first kappa shape index (κ1) is 39.9. The number of carboxylic acid groups (broad SMARTS) is 1. The van der Waals surface area contributed by atoms with E-state index in [2.05, 4.69) is 30.6 Å². The Morgan fingerprint density at radius 1 is 0.683 bits per heavy atom. The molecule has 0 unspecified atom stereocenters. The number of amides is 4. The van der Waals surface area contributed by atoms with Gasteiger partial charge < -0.3 is 40.2 Å². The van der Waals surface area contributed by atoms with E-state index in [0.29, 0.717) is 53.7 Å². The van der Waals surface area contributed by atoms with Gasteiger partial charge in [0.2, 0.25) is 0 Å². The number of carbonyl (C=O) groups is 4. The summed E-state index contributed by atoms with van der Waals surface area (Å²) in [4.78, 5) is 71.3. The molecule has 14 nitrogen and oxygen atoms in total. The van der Waals surface area contributed by atoms with Crippen LogP contribution in [0.15, 0.2) is 116 Å². The number of H-pyrrole nitrogens is 2. The van der Waals surface area contributed by atoms with Crippen LogP contribution < -0.4 is 10.6 Å². The van der Waals surface area contributed by atoms with Crippen molar-refractivity contribution in [3.05, 3.63) is 143 Å². The maximum atomic E-state index is 14.0. The van der Waals surface area contributed by atoms with Crippen molar-refractivity contribution < 1.29 is 29.0 Å². The van der Waals surface area contributed by atoms with Crippen molar-refractivity contribution in [2.24, 2.45) is 0 Å². The van der Waals surface area contributed by atoms with Crippen LogP contribution in [0.4, 0.5) is 9.59 Å². The maximum Gasteiger partial charge on any atom is 0.407 e. The van der Waals surface area contributed by atoms with E-state index < -0.39 is 24.3 Å². The van der Waals surface area contributed by atoms with Crippen LogP contribution in [-0.4, -0.2) is 79.0 Å². The lowest BCUT2D eigenvalue weighted by molar-refractivity contribution is -0.135. The van der Waals surface area contributed by atoms with Crippen molar-refractivity contribution in [2.75, 3.05) is 20.2 Å². The van der Waals surface area contributed by atoms with Crippen LogP contribution in [0.2, 0.25) is 5.02 Å². The normalized spacial score (nSPS) is 17.2. The predicted octanol–water partition coefficient (Wildman–Crippen LogP) is 8.22. The van der Waals surface area contributed by atoms with Crippen LogP contribution in [0, 0.1) is 0 Å². The highest BCUT2D eigenvalue weighted by Crippen LogP contribution is 2.37. The second kappa shape index (κ2) is 17.5. The molecule has 8 rings (SSSR count). The van der Waals surface area contributed by atoms with E-state index in [1.807, 2.05) is 54.6 Å². The Balaban J connectivity index is 0.932. The first-order valence-electron chi connectivity index (χ1n) is 19.7. The molecule has 2 fully saturated rings. The van der Waals surface area contributed by atoms with E-state index in [0.717, 1.165) is 46.5 Å². The number of ether oxygens (including phenoxy) is 1. The molecule has 5 N–H and O–H groups in total. The fourth-order valence-electron chi connectivity index (χ4n) is 8.17. The van der Waals surface area contributed by atoms with Crippen molar-refractivity contribution in [2.45, 2.75) is 49.9 Å². The molecule has 60 heavy (non-hydrogen) atoms. The van der Waals surface area contributed by atoms with Crippen LogP contribution in [0.25, 0.3) is 33.6 Å². The molecule has 2 saturated heterocycles. The number of hydrogen-bond donors (Lipinski definition) is 5. The Bertz CT molecular complexity index is 2490. The van der Waals surface area contributed by atoms with E-state index in [1.165, 1.54) is 7.11 Å². The molecule has 2 aromatic heterocycles. The third-order valence-electron chi connectivity index (χ3n) is 11.2. The number of aromatic nitrogens is 4. The molecular weight excluding hydrogens is 784 g/mol. The number of imidazole rings is 2. The van der Waals surface area contributed by atoms with Gasteiger partial charge in [0.15, 0.2) is 0 Å². The van der Waals surface area contributed by atoms with Gasteiger partial charge in [-0.05, 0) is 59.6 Å². The van der Waals surface area contributed by atoms with E-state index in [1.54, 1.807) is 70.7 Å². The van der Waals surface area contributed by atoms with E-state index in [4.69, 9.17) is 16.3 Å². The molecule has 2 aliphatic heterocycles. The Hall–Kier alpha value is -6.93. The summed E-state index contributed by atoms with van der Waals surface area (Å²) >= 11 is 6.46. The zero-order valence-corrected chi connectivity index (χ0v) is 33.4. The maximum absolute atomic E-state index is 14.0. The number of likely N-dealkylation sites (tertiary alicyclic amines) is 2. The van der Waals surface area contributed by atoms with Gasteiger partial charge in [-0.2, -0.15) is 0 Å². The SMILES string of the molecule is COC(=O)N[C@@H](C(=O)N1CCC[C@H]1c1ncc(-c2ccc(-c3ccc(-c4cnc([C@@H]5CCCN5C(=O)[C@H](NC(=O)O)c5ccccc5)[nH]4)cc3)cc2)[nH]1)c1ccccc1Cl. The fourth-order valence-corrected chi connectivity index (χ4v) is 8.41. The Labute approximate surface area is 351 Å². The molecule has 4 atom stereocenters. The highest BCUT2D eigenvalue weighted by atomic mass is 35.5. The van der Waals surface area contributed by atoms with Crippen molar-refractivity contribution in [1.82, 2.24) is 40.4 Å². The Morgan fingerprint density at radius 3 is 1.67 bits per heavy atom. The fraction of sp³-hybridized carbons (Fsp3) is 0.244. The molecule has 306 valence electrons. The van der Waals surface area contributed by atoms with Gasteiger partial charge in [0, 0.05) is 23.7 Å². The van der Waals surface area contributed by atoms with Gasteiger partial charge in [-0.3, -0.25) is 9.59 Å². The second-order valence-electron chi connectivity index (χ2n) is 14.8. The summed E-state index contributed by atoms with van der Waals surface area (Å²) in [6, 6.07) is 29.4. The lowest BCUT2D eigenvalue weighted by atomic mass is 10.0. The zero-order valence-electron chi connectivity index (χ0n) is 32.7. The number of nitrogens with zero attached hydrogens (tertiary/aromatic N) is 4. The average molecular weight is 827 g/mol. The molecular formula is C45H43ClN8O6. The second-order valence-corrected chi connectivity index (χ2v) is 15.2. The number of benzene rings is 4. The van der Waals surface area contributed by atoms with Gasteiger partial charge in [0.25, 0.3) is 11.8 Å². The van der Waals surface area contributed by atoms with Gasteiger partial charge in [0.05, 0.1) is 43.0 Å². The summed E-state index contributed by atoms with van der Waals surface area (Å²) in [6.07, 6.45) is 4.51. The lowest BCUT2D eigenvalue weighted by Gasteiger charge is -2.28. The van der Waals surface area contributed by atoms with Crippen LogP contribution in [0.5, 0.6) is 0 Å². The van der Waals surface area contributed by atoms with Gasteiger partial charge in [0.1, 0.15) is 23.7 Å². The summed E-state index contributed by atoms with van der Waals surface area (Å²) in [7, 11) is 1.25. The highest BCUT2D eigenvalue weighted by Gasteiger charge is 2.39. The molecule has 4 aromatic carbocycles. The quantitative estimate of drug-likeness (QED) is 0.0865. The molecule has 4 heterocycles. The zero-order chi connectivity index (χ0) is 41.8. The molecule has 0 spiro atoms. The molecule has 15 heteroatoms. The minimum Gasteiger partial charge on any atom is -0.465 e.